The summed E-state index contributed by atoms with van der Waals surface area (Å²) in [5.74, 6) is 0.846. The van der Waals surface area contributed by atoms with E-state index in [-0.39, 0.29) is 9.77 Å². The summed E-state index contributed by atoms with van der Waals surface area (Å²) in [4.78, 5) is 12.6. The van der Waals surface area contributed by atoms with Crippen molar-refractivity contribution in [3.05, 3.63) is 92.5 Å². The second-order valence-electron chi connectivity index (χ2n) is 8.13. The Morgan fingerprint density at radius 3 is 2.54 bits per heavy atom. The fraction of sp³-hybridized carbons (Fsp3) is 0.269. The van der Waals surface area contributed by atoms with Gasteiger partial charge in [0, 0.05) is 11.6 Å². The average Bonchev–Trinajstić information content (AvgIpc) is 3.16. The molecule has 0 aliphatic carbocycles. The Bertz CT molecular complexity index is 1480. The zero-order valence-electron chi connectivity index (χ0n) is 19.4. The van der Waals surface area contributed by atoms with Crippen molar-refractivity contribution in [2.75, 3.05) is 13.2 Å². The van der Waals surface area contributed by atoms with Gasteiger partial charge in [0.25, 0.3) is 0 Å². The summed E-state index contributed by atoms with van der Waals surface area (Å²) in [6.45, 7) is 3.33. The van der Waals surface area contributed by atoms with Gasteiger partial charge in [-0.05, 0) is 60.7 Å². The van der Waals surface area contributed by atoms with Crippen LogP contribution >= 0.6 is 22.9 Å². The highest BCUT2D eigenvalue weighted by molar-refractivity contribution is 7.89. The van der Waals surface area contributed by atoms with E-state index in [0.717, 1.165) is 34.6 Å². The van der Waals surface area contributed by atoms with Gasteiger partial charge in [-0.15, -0.1) is 0 Å². The second kappa shape index (κ2) is 11.4. The number of para-hydroxylation sites is 1. The van der Waals surface area contributed by atoms with Gasteiger partial charge in [0.15, 0.2) is 0 Å². The van der Waals surface area contributed by atoms with Crippen LogP contribution in [-0.2, 0) is 23.0 Å². The first-order valence-corrected chi connectivity index (χ1v) is 14.1. The van der Waals surface area contributed by atoms with Crippen molar-refractivity contribution in [2.45, 2.75) is 37.6 Å². The molecule has 9 heteroatoms. The summed E-state index contributed by atoms with van der Waals surface area (Å²) < 4.78 is 36.5. The molecular weight excluding hydrogens is 504 g/mol. The van der Waals surface area contributed by atoms with Crippen LogP contribution in [0.3, 0.4) is 0 Å². The first kappa shape index (κ1) is 25.4. The lowest BCUT2D eigenvalue weighted by Gasteiger charge is -2.11. The first-order chi connectivity index (χ1) is 16.9. The van der Waals surface area contributed by atoms with E-state index in [0.29, 0.717) is 47.8 Å². The number of sulfonamides is 1. The van der Waals surface area contributed by atoms with Crippen molar-refractivity contribution in [3.8, 4) is 5.75 Å². The molecule has 0 saturated heterocycles. The monoisotopic (exact) mass is 530 g/mol. The molecule has 0 aliphatic rings. The Morgan fingerprint density at radius 2 is 1.77 bits per heavy atom. The third-order valence-electron chi connectivity index (χ3n) is 5.59. The van der Waals surface area contributed by atoms with Crippen LogP contribution in [0.1, 0.15) is 30.9 Å². The molecule has 1 aromatic heterocycles. The number of hydrogen-bond acceptors (Lipinski definition) is 5. The highest BCUT2D eigenvalue weighted by Gasteiger charge is 2.17. The van der Waals surface area contributed by atoms with Crippen molar-refractivity contribution in [1.29, 1.82) is 0 Å². The van der Waals surface area contributed by atoms with E-state index in [1.807, 2.05) is 42.5 Å². The van der Waals surface area contributed by atoms with Crippen molar-refractivity contribution >= 4 is 43.2 Å². The SMILES string of the molecule is CCCOc1ccccc1CCCNS(=O)(=O)c1ccc2c(c1)sc(=O)n2Cc1ccccc1Cl. The molecule has 0 atom stereocenters. The highest BCUT2D eigenvalue weighted by atomic mass is 35.5. The zero-order valence-corrected chi connectivity index (χ0v) is 21.8. The molecule has 0 spiro atoms. The van der Waals surface area contributed by atoms with Gasteiger partial charge in [0.05, 0.1) is 28.3 Å². The number of fused-ring (bicyclic) bond motifs is 1. The normalized spacial score (nSPS) is 11.7. The van der Waals surface area contributed by atoms with Crippen molar-refractivity contribution in [3.63, 3.8) is 0 Å². The van der Waals surface area contributed by atoms with Gasteiger partial charge in [-0.25, -0.2) is 13.1 Å². The second-order valence-corrected chi connectivity index (χ2v) is 11.3. The van der Waals surface area contributed by atoms with Crippen molar-refractivity contribution in [1.82, 2.24) is 9.29 Å². The van der Waals surface area contributed by atoms with Crippen LogP contribution in [0.15, 0.2) is 76.4 Å². The molecule has 4 aromatic rings. The summed E-state index contributed by atoms with van der Waals surface area (Å²) in [5.41, 5.74) is 2.57. The zero-order chi connectivity index (χ0) is 24.8. The predicted molar refractivity (Wildman–Crippen MR) is 142 cm³/mol. The van der Waals surface area contributed by atoms with Crippen LogP contribution in [0.4, 0.5) is 0 Å². The van der Waals surface area contributed by atoms with E-state index < -0.39 is 10.0 Å². The molecule has 184 valence electrons. The largest absolute Gasteiger partial charge is 0.493 e. The number of benzene rings is 3. The predicted octanol–water partition coefficient (Wildman–Crippen LogP) is 5.46. The fourth-order valence-corrected chi connectivity index (χ4v) is 6.09. The van der Waals surface area contributed by atoms with Crippen LogP contribution in [0.5, 0.6) is 5.75 Å². The molecule has 0 radical (unpaired) electrons. The molecule has 4 rings (SSSR count). The van der Waals surface area contributed by atoms with Crippen molar-refractivity contribution in [2.24, 2.45) is 0 Å². The lowest BCUT2D eigenvalue weighted by molar-refractivity contribution is 0.314. The fourth-order valence-electron chi connectivity index (χ4n) is 3.79. The summed E-state index contributed by atoms with van der Waals surface area (Å²) in [7, 11) is -3.71. The Kier molecular flexibility index (Phi) is 8.28. The Morgan fingerprint density at radius 1 is 1.03 bits per heavy atom. The summed E-state index contributed by atoms with van der Waals surface area (Å²) in [5, 5.41) is 0.585. The lowest BCUT2D eigenvalue weighted by Crippen LogP contribution is -2.25. The third kappa shape index (κ3) is 6.13. The van der Waals surface area contributed by atoms with Crippen LogP contribution in [0, 0.1) is 0 Å². The molecule has 35 heavy (non-hydrogen) atoms. The Hall–Kier alpha value is -2.65. The van der Waals surface area contributed by atoms with Crippen LogP contribution in [-0.4, -0.2) is 26.1 Å². The van der Waals surface area contributed by atoms with Gasteiger partial charge in [-0.2, -0.15) is 0 Å². The van der Waals surface area contributed by atoms with E-state index in [1.165, 1.54) is 6.07 Å². The Balaban J connectivity index is 1.43. The maximum absolute atomic E-state index is 12.9. The summed E-state index contributed by atoms with van der Waals surface area (Å²) >= 11 is 7.28. The minimum atomic E-state index is -3.71. The topological polar surface area (TPSA) is 77.4 Å². The average molecular weight is 531 g/mol. The molecule has 0 saturated carbocycles. The molecule has 0 bridgehead atoms. The lowest BCUT2D eigenvalue weighted by atomic mass is 10.1. The quantitative estimate of drug-likeness (QED) is 0.261. The molecular formula is C26H27ClN2O4S2. The van der Waals surface area contributed by atoms with Gasteiger partial charge < -0.3 is 4.74 Å². The number of nitrogens with zero attached hydrogens (tertiary/aromatic N) is 1. The summed E-state index contributed by atoms with van der Waals surface area (Å²) in [6.07, 6.45) is 2.26. The summed E-state index contributed by atoms with van der Waals surface area (Å²) in [6, 6.07) is 20.0. The maximum atomic E-state index is 12.9. The minimum absolute atomic E-state index is 0.142. The van der Waals surface area contributed by atoms with Gasteiger partial charge in [0.2, 0.25) is 10.0 Å². The van der Waals surface area contributed by atoms with Crippen LogP contribution in [0.25, 0.3) is 10.2 Å². The van der Waals surface area contributed by atoms with Crippen LogP contribution in [0.2, 0.25) is 5.02 Å². The number of thiazole rings is 1. The number of ether oxygens (including phenoxy) is 1. The Labute approximate surface area is 214 Å². The number of hydrogen-bond donors (Lipinski definition) is 1. The molecule has 0 aliphatic heterocycles. The third-order valence-corrected chi connectivity index (χ3v) is 8.35. The molecule has 0 amide bonds. The van der Waals surface area contributed by atoms with E-state index in [2.05, 4.69) is 11.6 Å². The van der Waals surface area contributed by atoms with Gasteiger partial charge >= 0.3 is 4.87 Å². The number of aromatic nitrogens is 1. The van der Waals surface area contributed by atoms with Crippen molar-refractivity contribution < 1.29 is 13.2 Å². The number of nitrogens with one attached hydrogen (secondary N) is 1. The number of halogens is 1. The molecule has 0 fully saturated rings. The number of rotatable bonds is 11. The first-order valence-electron chi connectivity index (χ1n) is 11.5. The van der Waals surface area contributed by atoms with Crippen LogP contribution < -0.4 is 14.3 Å². The molecule has 3 aromatic carbocycles. The van der Waals surface area contributed by atoms with Gasteiger partial charge in [0.1, 0.15) is 5.75 Å². The minimum Gasteiger partial charge on any atom is -0.493 e. The number of aryl methyl sites for hydroxylation is 1. The molecule has 6 nitrogen and oxygen atoms in total. The van der Waals surface area contributed by atoms with E-state index in [1.54, 1.807) is 22.8 Å². The van der Waals surface area contributed by atoms with E-state index in [9.17, 15) is 13.2 Å². The molecule has 0 unspecified atom stereocenters. The van der Waals surface area contributed by atoms with Gasteiger partial charge in [-0.3, -0.25) is 9.36 Å². The standard InChI is InChI=1S/C26H27ClN2O4S2/c1-2-16-33-24-12-6-4-8-19(24)10-7-15-28-35(31,32)21-13-14-23-25(17-21)34-26(30)29(23)18-20-9-3-5-11-22(20)27/h3-6,8-9,11-14,17,28H,2,7,10,15-16,18H2,1H3. The molecule has 1 N–H and O–H groups in total. The smallest absolute Gasteiger partial charge is 0.308 e. The van der Waals surface area contributed by atoms with Gasteiger partial charge in [-0.1, -0.05) is 66.3 Å². The van der Waals surface area contributed by atoms with E-state index in [4.69, 9.17) is 16.3 Å². The highest BCUT2D eigenvalue weighted by Crippen LogP contribution is 2.24. The molecule has 1 heterocycles. The maximum Gasteiger partial charge on any atom is 0.308 e. The van der Waals surface area contributed by atoms with E-state index >= 15 is 0 Å².